The first-order chi connectivity index (χ1) is 10.1. The third-order valence-electron chi connectivity index (χ3n) is 4.56. The van der Waals surface area contributed by atoms with E-state index in [9.17, 15) is 9.59 Å². The first-order valence-electron chi connectivity index (χ1n) is 7.50. The predicted molar refractivity (Wildman–Crippen MR) is 82.3 cm³/mol. The molecule has 6 nitrogen and oxygen atoms in total. The predicted octanol–water partition coefficient (Wildman–Crippen LogP) is 1.81. The molecule has 112 valence electrons. The third-order valence-corrected chi connectivity index (χ3v) is 4.56. The maximum Gasteiger partial charge on any atom is 0.330 e. The third kappa shape index (κ3) is 2.46. The zero-order chi connectivity index (χ0) is 15.0. The van der Waals surface area contributed by atoms with Crippen molar-refractivity contribution in [3.05, 3.63) is 33.1 Å². The fourth-order valence-corrected chi connectivity index (χ4v) is 3.27. The Kier molecular flexibility index (Phi) is 3.53. The minimum Gasteiger partial charge on any atom is -0.397 e. The monoisotopic (exact) mass is 288 g/mol. The van der Waals surface area contributed by atoms with Gasteiger partial charge in [0.2, 0.25) is 0 Å². The van der Waals surface area contributed by atoms with Crippen molar-refractivity contribution in [2.24, 2.45) is 5.92 Å². The molecule has 6 heteroatoms. The standard InChI is InChI=1S/C15H20N4O2/c1-2-9-3-5-11(6-4-9)19-14(20)12-7-10(16)8-17-13(12)18-15(19)21/h7-9,11H,2-6,16H2,1H3,(H,17,18,21)/t9-,11-. The number of rotatable bonds is 2. The van der Waals surface area contributed by atoms with Crippen LogP contribution in [0.5, 0.6) is 0 Å². The molecule has 0 aliphatic heterocycles. The number of pyridine rings is 1. The van der Waals surface area contributed by atoms with Crippen molar-refractivity contribution in [3.63, 3.8) is 0 Å². The van der Waals surface area contributed by atoms with Crippen LogP contribution in [0.1, 0.15) is 45.1 Å². The van der Waals surface area contributed by atoms with E-state index in [1.54, 1.807) is 6.07 Å². The lowest BCUT2D eigenvalue weighted by atomic mass is 9.84. The molecule has 1 aliphatic rings. The molecule has 1 aliphatic carbocycles. The number of aromatic amines is 1. The lowest BCUT2D eigenvalue weighted by molar-refractivity contribution is 0.261. The van der Waals surface area contributed by atoms with Gasteiger partial charge in [0.05, 0.1) is 17.3 Å². The van der Waals surface area contributed by atoms with Crippen molar-refractivity contribution in [2.75, 3.05) is 5.73 Å². The Labute approximate surface area is 122 Å². The van der Waals surface area contributed by atoms with Gasteiger partial charge in [-0.2, -0.15) is 0 Å². The van der Waals surface area contributed by atoms with Gasteiger partial charge < -0.3 is 5.73 Å². The molecule has 0 saturated heterocycles. The molecule has 2 aromatic rings. The van der Waals surface area contributed by atoms with Gasteiger partial charge in [0.25, 0.3) is 5.56 Å². The summed E-state index contributed by atoms with van der Waals surface area (Å²) in [4.78, 5) is 31.5. The second-order valence-electron chi connectivity index (χ2n) is 5.85. The average Bonchev–Trinajstić information content (AvgIpc) is 2.49. The van der Waals surface area contributed by atoms with Crippen molar-refractivity contribution in [3.8, 4) is 0 Å². The lowest BCUT2D eigenvalue weighted by Gasteiger charge is -2.28. The van der Waals surface area contributed by atoms with Crippen molar-refractivity contribution < 1.29 is 0 Å². The molecule has 0 aromatic carbocycles. The summed E-state index contributed by atoms with van der Waals surface area (Å²) < 4.78 is 1.36. The van der Waals surface area contributed by atoms with E-state index in [2.05, 4.69) is 16.9 Å². The molecule has 3 N–H and O–H groups in total. The Balaban J connectivity index is 2.07. The molecule has 0 atom stereocenters. The van der Waals surface area contributed by atoms with Crippen LogP contribution in [0.2, 0.25) is 0 Å². The zero-order valence-corrected chi connectivity index (χ0v) is 12.1. The first kappa shape index (κ1) is 13.9. The molecular formula is C15H20N4O2. The van der Waals surface area contributed by atoms with Gasteiger partial charge in [-0.3, -0.25) is 14.3 Å². The van der Waals surface area contributed by atoms with E-state index in [-0.39, 0.29) is 17.3 Å². The summed E-state index contributed by atoms with van der Waals surface area (Å²) in [5, 5.41) is 0.382. The number of fused-ring (bicyclic) bond motifs is 1. The van der Waals surface area contributed by atoms with Crippen molar-refractivity contribution in [1.29, 1.82) is 0 Å². The number of hydrogen-bond donors (Lipinski definition) is 2. The van der Waals surface area contributed by atoms with Gasteiger partial charge in [0.1, 0.15) is 5.65 Å². The second-order valence-corrected chi connectivity index (χ2v) is 5.85. The highest BCUT2D eigenvalue weighted by atomic mass is 16.2. The lowest BCUT2D eigenvalue weighted by Crippen LogP contribution is -2.39. The van der Waals surface area contributed by atoms with Gasteiger partial charge in [-0.05, 0) is 37.7 Å². The van der Waals surface area contributed by atoms with E-state index >= 15 is 0 Å². The van der Waals surface area contributed by atoms with Crippen LogP contribution < -0.4 is 17.0 Å². The highest BCUT2D eigenvalue weighted by molar-refractivity contribution is 5.76. The molecule has 3 rings (SSSR count). The maximum atomic E-state index is 12.6. The Bertz CT molecular complexity index is 769. The molecule has 0 radical (unpaired) electrons. The number of H-pyrrole nitrogens is 1. The smallest absolute Gasteiger partial charge is 0.330 e. The van der Waals surface area contributed by atoms with Crippen LogP contribution in [0.4, 0.5) is 5.69 Å². The summed E-state index contributed by atoms with van der Waals surface area (Å²) in [5.41, 5.74) is 5.77. The molecule has 21 heavy (non-hydrogen) atoms. The summed E-state index contributed by atoms with van der Waals surface area (Å²) >= 11 is 0. The summed E-state index contributed by atoms with van der Waals surface area (Å²) in [6.07, 6.45) is 6.50. The quantitative estimate of drug-likeness (QED) is 0.881. The van der Waals surface area contributed by atoms with Gasteiger partial charge in [0.15, 0.2) is 0 Å². The Morgan fingerprint density at radius 3 is 2.71 bits per heavy atom. The van der Waals surface area contributed by atoms with E-state index in [0.29, 0.717) is 22.6 Å². The van der Waals surface area contributed by atoms with E-state index in [0.717, 1.165) is 32.1 Å². The summed E-state index contributed by atoms with van der Waals surface area (Å²) in [7, 11) is 0. The van der Waals surface area contributed by atoms with Gasteiger partial charge >= 0.3 is 5.69 Å². The fourth-order valence-electron chi connectivity index (χ4n) is 3.27. The summed E-state index contributed by atoms with van der Waals surface area (Å²) in [6, 6.07) is 1.56. The Morgan fingerprint density at radius 1 is 1.33 bits per heavy atom. The van der Waals surface area contributed by atoms with Crippen LogP contribution in [0.3, 0.4) is 0 Å². The molecule has 0 bridgehead atoms. The van der Waals surface area contributed by atoms with Crippen molar-refractivity contribution >= 4 is 16.7 Å². The van der Waals surface area contributed by atoms with Crippen molar-refractivity contribution in [1.82, 2.24) is 14.5 Å². The molecule has 0 amide bonds. The first-order valence-corrected chi connectivity index (χ1v) is 7.50. The average molecular weight is 288 g/mol. The van der Waals surface area contributed by atoms with E-state index in [1.165, 1.54) is 10.8 Å². The van der Waals surface area contributed by atoms with E-state index in [1.807, 2.05) is 0 Å². The molecule has 1 fully saturated rings. The minimum absolute atomic E-state index is 0.0186. The summed E-state index contributed by atoms with van der Waals surface area (Å²) in [6.45, 7) is 2.19. The topological polar surface area (TPSA) is 93.8 Å². The van der Waals surface area contributed by atoms with Gasteiger partial charge in [-0.25, -0.2) is 9.78 Å². The van der Waals surface area contributed by atoms with Crippen molar-refractivity contribution in [2.45, 2.75) is 45.1 Å². The minimum atomic E-state index is -0.371. The van der Waals surface area contributed by atoms with Crippen LogP contribution in [-0.4, -0.2) is 14.5 Å². The van der Waals surface area contributed by atoms with E-state index < -0.39 is 0 Å². The highest BCUT2D eigenvalue weighted by Gasteiger charge is 2.24. The molecule has 1 saturated carbocycles. The number of nitrogens with zero attached hydrogens (tertiary/aromatic N) is 2. The zero-order valence-electron chi connectivity index (χ0n) is 12.1. The number of nitrogen functional groups attached to an aromatic ring is 1. The normalized spacial score (nSPS) is 22.5. The van der Waals surface area contributed by atoms with Crippen LogP contribution in [0.25, 0.3) is 11.0 Å². The number of anilines is 1. The summed E-state index contributed by atoms with van der Waals surface area (Å²) in [5.74, 6) is 0.716. The number of aromatic nitrogens is 3. The number of nitrogens with one attached hydrogen (secondary N) is 1. The van der Waals surface area contributed by atoms with Gasteiger partial charge in [-0.1, -0.05) is 13.3 Å². The SMILES string of the molecule is CC[C@H]1CC[C@H](n2c(=O)[nH]c3ncc(N)cc3c2=O)CC1. The van der Waals surface area contributed by atoms with E-state index in [4.69, 9.17) is 5.73 Å². The van der Waals surface area contributed by atoms with Gasteiger partial charge in [-0.15, -0.1) is 0 Å². The molecule has 2 aromatic heterocycles. The molecule has 0 spiro atoms. The Morgan fingerprint density at radius 2 is 2.05 bits per heavy atom. The number of hydrogen-bond acceptors (Lipinski definition) is 4. The molecule has 2 heterocycles. The highest BCUT2D eigenvalue weighted by Crippen LogP contribution is 2.32. The number of nitrogens with two attached hydrogens (primary N) is 1. The largest absolute Gasteiger partial charge is 0.397 e. The molecular weight excluding hydrogens is 268 g/mol. The fraction of sp³-hybridized carbons (Fsp3) is 0.533. The second kappa shape index (κ2) is 5.35. The maximum absolute atomic E-state index is 12.6. The Hall–Kier alpha value is -2.11. The molecule has 0 unspecified atom stereocenters. The van der Waals surface area contributed by atoms with Crippen LogP contribution in [-0.2, 0) is 0 Å². The van der Waals surface area contributed by atoms with Crippen LogP contribution in [0.15, 0.2) is 21.9 Å². The van der Waals surface area contributed by atoms with Crippen LogP contribution >= 0.6 is 0 Å². The van der Waals surface area contributed by atoms with Gasteiger partial charge in [0, 0.05) is 6.04 Å². The van der Waals surface area contributed by atoms with Crippen LogP contribution in [0, 0.1) is 5.92 Å².